The van der Waals surface area contributed by atoms with Gasteiger partial charge < -0.3 is 33.9 Å². The number of fused-ring (bicyclic) bond motifs is 7. The normalized spacial score (nSPS) is 11.0. The first-order chi connectivity index (χ1) is 54.8. The van der Waals surface area contributed by atoms with Gasteiger partial charge in [0.15, 0.2) is 5.82 Å². The molecule has 0 amide bonds. The van der Waals surface area contributed by atoms with E-state index in [-0.39, 0.29) is 83.2 Å². The summed E-state index contributed by atoms with van der Waals surface area (Å²) in [6.45, 7) is 30.7. The van der Waals surface area contributed by atoms with Crippen LogP contribution in [0.15, 0.2) is 170 Å². The number of hydrogen-bond donors (Lipinski definition) is 0. The van der Waals surface area contributed by atoms with Gasteiger partial charge in [0, 0.05) is 16.8 Å². The second-order valence-corrected chi connectivity index (χ2v) is 28.2. The summed E-state index contributed by atoms with van der Waals surface area (Å²) in [6.07, 6.45) is 1.59. The molecule has 0 spiro atoms. The number of carbonyl (C=O) groups excluding carboxylic acids is 7. The Balaban J connectivity index is 0.000000154. The van der Waals surface area contributed by atoms with E-state index in [1.54, 1.807) is 126 Å². The van der Waals surface area contributed by atoms with Crippen molar-refractivity contribution >= 4 is 131 Å². The van der Waals surface area contributed by atoms with Crippen LogP contribution in [-0.2, 0) is 33.6 Å². The monoisotopic (exact) mass is 1590 g/mol. The van der Waals surface area contributed by atoms with Crippen molar-refractivity contribution in [3.8, 4) is 11.4 Å². The van der Waals surface area contributed by atoms with E-state index < -0.39 is 0 Å². The van der Waals surface area contributed by atoms with Gasteiger partial charge in [-0.2, -0.15) is 4.73 Å². The smallest absolute Gasteiger partial charge is 0.334 e. The van der Waals surface area contributed by atoms with E-state index in [2.05, 4.69) is 71.8 Å². The highest BCUT2D eigenvalue weighted by molar-refractivity contribution is 6.31. The van der Waals surface area contributed by atoms with Crippen LogP contribution in [0.4, 0.5) is 0 Å². The van der Waals surface area contributed by atoms with Crippen LogP contribution >= 0.6 is 11.6 Å². The summed E-state index contributed by atoms with van der Waals surface area (Å²) in [4.78, 5) is 131. The maximum absolute atomic E-state index is 12.0. The Morgan fingerprint density at radius 3 is 1.03 bits per heavy atom. The third kappa shape index (κ3) is 22.9. The van der Waals surface area contributed by atoms with Crippen LogP contribution in [0.1, 0.15) is 114 Å². The lowest BCUT2D eigenvalue weighted by atomic mass is 10.2. The minimum atomic E-state index is -0.369. The number of nitrogens with zero attached hydrogens (tertiary/aromatic N) is 21. The molecule has 0 unspecified atom stereocenters. The SMILES string of the molecule is CC(C)C(=O)On1c(-c2ccccc2)nc2ccccc21.CC(C)C(=O)On1nnc2ccc(Cl)cc21.CC(C)C(=O)On1nnc2ccccc21.CC(C)C(=O)On1nnc2cccnc21.Cc1ccc2c(c1)nnn2OC(=O)C(C)C.Cc1ccc2c(c1)nnn2OC(=O)C(C)C.Cc1ccc2c(c1)nnn2OC(=O)C(C)C. The van der Waals surface area contributed by atoms with Gasteiger partial charge in [0.2, 0.25) is 5.65 Å². The molecule has 8 aromatic heterocycles. The van der Waals surface area contributed by atoms with Crippen molar-refractivity contribution in [1.29, 1.82) is 0 Å². The van der Waals surface area contributed by atoms with Gasteiger partial charge in [0.25, 0.3) is 0 Å². The molecule has 0 atom stereocenters. The van der Waals surface area contributed by atoms with Crippen LogP contribution in [0.2, 0.25) is 5.02 Å². The Labute approximate surface area is 662 Å². The molecule has 0 aliphatic carbocycles. The van der Waals surface area contributed by atoms with Crippen LogP contribution in [0.5, 0.6) is 0 Å². The molecule has 0 saturated carbocycles. The average molecular weight is 1590 g/mol. The van der Waals surface area contributed by atoms with Gasteiger partial charge >= 0.3 is 41.8 Å². The molecule has 36 heteroatoms. The third-order valence-electron chi connectivity index (χ3n) is 15.7. The molecule has 0 radical (unpaired) electrons. The summed E-state index contributed by atoms with van der Waals surface area (Å²) in [5, 5.41) is 46.3. The van der Waals surface area contributed by atoms with Crippen molar-refractivity contribution in [3.05, 3.63) is 192 Å². The Hall–Kier alpha value is -13.9. The molecule has 0 bridgehead atoms. The summed E-state index contributed by atoms with van der Waals surface area (Å²) in [5.41, 5.74) is 13.6. The fourth-order valence-electron chi connectivity index (χ4n) is 9.10. The molecule has 35 nitrogen and oxygen atoms in total. The molecule has 0 aliphatic rings. The van der Waals surface area contributed by atoms with Gasteiger partial charge in [0.1, 0.15) is 66.2 Å². The second-order valence-electron chi connectivity index (χ2n) is 27.8. The van der Waals surface area contributed by atoms with E-state index in [1.807, 2.05) is 162 Å². The largest absolute Gasteiger partial charge is 0.337 e. The molecule has 15 aromatic rings. The molecule has 598 valence electrons. The number of para-hydroxylation sites is 3. The number of rotatable bonds is 15. The fourth-order valence-corrected chi connectivity index (χ4v) is 9.27. The number of hydrogen-bond acceptors (Lipinski definition) is 28. The van der Waals surface area contributed by atoms with Crippen LogP contribution < -0.4 is 33.9 Å². The molecule has 0 saturated heterocycles. The maximum Gasteiger partial charge on any atom is 0.337 e. The lowest BCUT2D eigenvalue weighted by molar-refractivity contribution is -0.150. The van der Waals surface area contributed by atoms with Gasteiger partial charge in [-0.25, -0.2) is 43.5 Å². The molecular formula is C79H86ClN21O14. The lowest BCUT2D eigenvalue weighted by Gasteiger charge is -2.10. The van der Waals surface area contributed by atoms with Gasteiger partial charge in [-0.15, -0.1) is 30.6 Å². The summed E-state index contributed by atoms with van der Waals surface area (Å²) < 4.78 is 1.52. The van der Waals surface area contributed by atoms with Crippen molar-refractivity contribution in [3.63, 3.8) is 0 Å². The van der Waals surface area contributed by atoms with Gasteiger partial charge in [-0.05, 0) is 165 Å². The number of aryl methyl sites for hydroxylation is 3. The highest BCUT2D eigenvalue weighted by Crippen LogP contribution is 2.25. The molecule has 0 N–H and O–H groups in total. The average Bonchev–Trinajstić information content (AvgIpc) is 1.65. The van der Waals surface area contributed by atoms with Crippen LogP contribution in [0.3, 0.4) is 0 Å². The first-order valence-corrected chi connectivity index (χ1v) is 36.7. The van der Waals surface area contributed by atoms with E-state index in [0.717, 1.165) is 78.9 Å². The Morgan fingerprint density at radius 2 is 0.609 bits per heavy atom. The minimum absolute atomic E-state index is 0.187. The van der Waals surface area contributed by atoms with E-state index >= 15 is 0 Å². The van der Waals surface area contributed by atoms with Crippen LogP contribution in [-0.4, -0.2) is 147 Å². The predicted molar refractivity (Wildman–Crippen MR) is 422 cm³/mol. The Bertz CT molecular complexity index is 5550. The molecule has 0 fully saturated rings. The number of aromatic nitrogens is 21. The zero-order chi connectivity index (χ0) is 83.3. The van der Waals surface area contributed by atoms with Crippen molar-refractivity contribution in [1.82, 2.24) is 106 Å². The van der Waals surface area contributed by atoms with E-state index in [0.29, 0.717) is 60.6 Å². The highest BCUT2D eigenvalue weighted by Gasteiger charge is 2.22. The quantitative estimate of drug-likeness (QED) is 0.0860. The van der Waals surface area contributed by atoms with Gasteiger partial charge in [0.05, 0.1) is 46.9 Å². The van der Waals surface area contributed by atoms with Crippen LogP contribution in [0.25, 0.3) is 88.8 Å². The van der Waals surface area contributed by atoms with Crippen molar-refractivity contribution in [2.75, 3.05) is 0 Å². The summed E-state index contributed by atoms with van der Waals surface area (Å²) in [5.74, 6) is -3.09. The first kappa shape index (κ1) is 85.1. The maximum atomic E-state index is 12.0. The molecular weight excluding hydrogens is 1500 g/mol. The third-order valence-corrected chi connectivity index (χ3v) is 15.9. The number of imidazole rings is 1. The predicted octanol–water partition coefficient (Wildman–Crippen LogP) is 10.5. The lowest BCUT2D eigenvalue weighted by Crippen LogP contribution is -2.25. The van der Waals surface area contributed by atoms with Crippen molar-refractivity contribution in [2.45, 2.75) is 118 Å². The number of benzene rings is 7. The fraction of sp³-hybridized carbons (Fsp3) is 0.304. The van der Waals surface area contributed by atoms with E-state index in [9.17, 15) is 33.6 Å². The number of carbonyl (C=O) groups is 7. The zero-order valence-electron chi connectivity index (χ0n) is 66.2. The van der Waals surface area contributed by atoms with E-state index in [4.69, 9.17) is 45.5 Å². The summed E-state index contributed by atoms with van der Waals surface area (Å²) in [6, 6.07) is 50.1. The number of pyridine rings is 1. The first-order valence-electron chi connectivity index (χ1n) is 36.4. The minimum Gasteiger partial charge on any atom is -0.334 e. The second kappa shape index (κ2) is 39.4. The molecule has 0 aliphatic heterocycles. The van der Waals surface area contributed by atoms with Gasteiger partial charge in [-0.3, -0.25) is 0 Å². The molecule has 115 heavy (non-hydrogen) atoms. The van der Waals surface area contributed by atoms with Gasteiger partial charge in [-0.1, -0.05) is 206 Å². The standard InChI is InChI=1S/C17H16N2O2.3C11H13N3O2.C10H10ClN3O2.C10H11N3O2.C9H10N4O2/c1-12(2)17(20)21-19-15-11-7-6-10-14(15)18-16(19)13-8-4-3-5-9-13;3*1-7(2)11(15)16-14-10-5-4-8(3)6-9(10)12-13-14;1-6(2)10(15)16-14-9-5-7(11)3-4-8(9)12-13-14;1-7(2)10(14)15-13-9-6-4-3-5-8(9)11-12-13;1-6(2)9(14)15-13-8-7(11-12-13)4-3-5-10-8/h3-12H,1-2H3;3*4-7H,1-3H3;3-6H,1-2H3;3-7H,1-2H3;3-6H,1-2H3. The highest BCUT2D eigenvalue weighted by atomic mass is 35.5. The molecule has 15 rings (SSSR count). The summed E-state index contributed by atoms with van der Waals surface area (Å²) in [7, 11) is 0. The van der Waals surface area contributed by atoms with Crippen LogP contribution in [0, 0.1) is 62.2 Å². The van der Waals surface area contributed by atoms with Crippen molar-refractivity contribution in [2.24, 2.45) is 41.4 Å². The Morgan fingerprint density at radius 1 is 0.296 bits per heavy atom. The molecule has 7 aromatic carbocycles. The topological polar surface area (TPSA) is 399 Å². The zero-order valence-corrected chi connectivity index (χ0v) is 66.9. The molecule has 8 heterocycles. The summed E-state index contributed by atoms with van der Waals surface area (Å²) >= 11 is 5.84. The van der Waals surface area contributed by atoms with E-state index in [1.165, 1.54) is 4.73 Å². The number of halogens is 1. The van der Waals surface area contributed by atoms with Crippen molar-refractivity contribution < 1.29 is 67.4 Å². The Kier molecular flexibility index (Phi) is 29.1.